The Morgan fingerprint density at radius 3 is 2.05 bits per heavy atom. The number of alkyl halides is 6. The third kappa shape index (κ3) is 4.56. The summed E-state index contributed by atoms with van der Waals surface area (Å²) < 4.78 is 99.2. The summed E-state index contributed by atoms with van der Waals surface area (Å²) in [6, 6.07) is -0.493. The average Bonchev–Trinajstić information content (AvgIpc) is 2.77. The van der Waals surface area contributed by atoms with Crippen molar-refractivity contribution in [2.24, 2.45) is 5.92 Å². The maximum atomic E-state index is 12.5. The molecule has 1 unspecified atom stereocenters. The van der Waals surface area contributed by atoms with Gasteiger partial charge in [0.05, 0.1) is 12.6 Å². The van der Waals surface area contributed by atoms with E-state index in [1.54, 1.807) is 0 Å². The first-order valence-electron chi connectivity index (χ1n) is 5.19. The lowest BCUT2D eigenvalue weighted by Crippen LogP contribution is -2.54. The number of rotatable bonds is 5. The third-order valence-electron chi connectivity index (χ3n) is 2.37. The summed E-state index contributed by atoms with van der Waals surface area (Å²) in [5, 5.41) is 10.0. The summed E-state index contributed by atoms with van der Waals surface area (Å²) in [7, 11) is -4.59. The van der Waals surface area contributed by atoms with Gasteiger partial charge in [-0.1, -0.05) is 6.07 Å². The topological polar surface area (TPSA) is 66.4 Å². The van der Waals surface area contributed by atoms with E-state index in [9.17, 15) is 34.8 Å². The number of aliphatic hydroxyl groups excluding tert-OH is 1. The monoisotopic (exact) mass is 357 g/mol. The highest BCUT2D eigenvalue weighted by atomic mass is 32.2. The van der Waals surface area contributed by atoms with E-state index in [2.05, 4.69) is 0 Å². The quantitative estimate of drug-likeness (QED) is 0.794. The minimum absolute atomic E-state index is 0.455. The van der Waals surface area contributed by atoms with Crippen LogP contribution in [0.4, 0.5) is 26.3 Å². The Morgan fingerprint density at radius 2 is 1.71 bits per heavy atom. The molecule has 0 aromatic carbocycles. The molecule has 0 bridgehead atoms. The van der Waals surface area contributed by atoms with E-state index in [0.717, 1.165) is 6.07 Å². The van der Waals surface area contributed by atoms with Crippen LogP contribution >= 0.6 is 11.3 Å². The van der Waals surface area contributed by atoms with Gasteiger partial charge in [0.15, 0.2) is 5.92 Å². The Labute approximate surface area is 119 Å². The fraction of sp³-hybridized carbons (Fsp3) is 0.556. The van der Waals surface area contributed by atoms with Crippen molar-refractivity contribution in [1.82, 2.24) is 4.72 Å². The first-order chi connectivity index (χ1) is 9.39. The van der Waals surface area contributed by atoms with Gasteiger partial charge in [-0.25, -0.2) is 13.1 Å². The number of aliphatic hydroxyl groups is 1. The van der Waals surface area contributed by atoms with Crippen LogP contribution in [0.15, 0.2) is 21.7 Å². The van der Waals surface area contributed by atoms with Crippen molar-refractivity contribution >= 4 is 21.4 Å². The highest BCUT2D eigenvalue weighted by molar-refractivity contribution is 7.91. The predicted molar refractivity (Wildman–Crippen MR) is 61.1 cm³/mol. The van der Waals surface area contributed by atoms with Crippen LogP contribution in [0.1, 0.15) is 0 Å². The van der Waals surface area contributed by atoms with Crippen LogP contribution in [0.3, 0.4) is 0 Å². The van der Waals surface area contributed by atoms with Crippen LogP contribution in [0.25, 0.3) is 0 Å². The summed E-state index contributed by atoms with van der Waals surface area (Å²) >= 11 is 0.614. The molecule has 0 spiro atoms. The van der Waals surface area contributed by atoms with E-state index in [4.69, 9.17) is 5.11 Å². The van der Waals surface area contributed by atoms with Crippen molar-refractivity contribution in [1.29, 1.82) is 0 Å². The first kappa shape index (κ1) is 18.2. The molecule has 12 heteroatoms. The van der Waals surface area contributed by atoms with Gasteiger partial charge < -0.3 is 5.11 Å². The smallest absolute Gasteiger partial charge is 0.395 e. The van der Waals surface area contributed by atoms with E-state index < -0.39 is 45.2 Å². The summed E-state index contributed by atoms with van der Waals surface area (Å²) in [5.74, 6) is -4.01. The molecule has 1 heterocycles. The first-order valence-corrected chi connectivity index (χ1v) is 7.56. The van der Waals surface area contributed by atoms with Crippen LogP contribution in [0, 0.1) is 5.92 Å². The SMILES string of the molecule is O=S(=O)(NC(CO)C(C(F)(F)F)C(F)(F)F)c1cccs1. The molecule has 1 aromatic rings. The molecule has 0 aliphatic carbocycles. The van der Waals surface area contributed by atoms with Crippen molar-refractivity contribution in [2.45, 2.75) is 22.6 Å². The second kappa shape index (κ2) is 6.10. The lowest BCUT2D eigenvalue weighted by molar-refractivity contribution is -0.292. The molecule has 0 amide bonds. The van der Waals surface area contributed by atoms with Crippen LogP contribution in [-0.2, 0) is 10.0 Å². The van der Waals surface area contributed by atoms with Crippen molar-refractivity contribution < 1.29 is 39.9 Å². The Morgan fingerprint density at radius 1 is 1.19 bits per heavy atom. The number of thiophene rings is 1. The molecule has 0 saturated heterocycles. The Bertz CT molecular complexity index is 537. The van der Waals surface area contributed by atoms with E-state index in [1.807, 2.05) is 0 Å². The Balaban J connectivity index is 3.12. The standard InChI is InChI=1S/C9H9F6NO3S2/c10-8(11,12)7(9(13,14)15)5(4-17)16-21(18,19)6-2-1-3-20-6/h1-3,5,7,16-17H,4H2. The molecule has 0 fully saturated rings. The van der Waals surface area contributed by atoms with Crippen LogP contribution in [0.2, 0.25) is 0 Å². The molecular formula is C9H9F6NO3S2. The van der Waals surface area contributed by atoms with Gasteiger partial charge in [0.25, 0.3) is 0 Å². The van der Waals surface area contributed by atoms with Gasteiger partial charge >= 0.3 is 12.4 Å². The zero-order valence-electron chi connectivity index (χ0n) is 9.94. The normalized spacial score (nSPS) is 15.4. The van der Waals surface area contributed by atoms with Crippen molar-refractivity contribution in [3.05, 3.63) is 17.5 Å². The lowest BCUT2D eigenvalue weighted by atomic mass is 10.00. The molecule has 0 aliphatic heterocycles. The Kier molecular flexibility index (Phi) is 5.29. The zero-order valence-corrected chi connectivity index (χ0v) is 11.6. The second-order valence-corrected chi connectivity index (χ2v) is 6.79. The van der Waals surface area contributed by atoms with Crippen LogP contribution < -0.4 is 4.72 Å². The number of sulfonamides is 1. The summed E-state index contributed by atoms with van der Waals surface area (Å²) in [5.41, 5.74) is 0. The van der Waals surface area contributed by atoms with E-state index >= 15 is 0 Å². The molecule has 0 aliphatic rings. The number of nitrogens with one attached hydrogen (secondary N) is 1. The van der Waals surface area contributed by atoms with Crippen LogP contribution in [0.5, 0.6) is 0 Å². The fourth-order valence-corrected chi connectivity index (χ4v) is 3.78. The summed E-state index contributed by atoms with van der Waals surface area (Å²) in [4.78, 5) is 0. The highest BCUT2D eigenvalue weighted by Crippen LogP contribution is 2.41. The predicted octanol–water partition coefficient (Wildman–Crippen LogP) is 2.13. The average molecular weight is 357 g/mol. The van der Waals surface area contributed by atoms with Gasteiger partial charge in [0, 0.05) is 0 Å². The maximum Gasteiger partial charge on any atom is 0.402 e. The van der Waals surface area contributed by atoms with E-state index in [1.165, 1.54) is 16.2 Å². The van der Waals surface area contributed by atoms with E-state index in [0.29, 0.717) is 11.3 Å². The molecule has 0 saturated carbocycles. The highest BCUT2D eigenvalue weighted by Gasteiger charge is 2.60. The Hall–Kier alpha value is -0.850. The number of hydrogen-bond donors (Lipinski definition) is 2. The zero-order chi connectivity index (χ0) is 16.5. The fourth-order valence-electron chi connectivity index (χ4n) is 1.53. The molecule has 0 radical (unpaired) electrons. The van der Waals surface area contributed by atoms with Gasteiger partial charge in [-0.05, 0) is 11.4 Å². The largest absolute Gasteiger partial charge is 0.402 e. The van der Waals surface area contributed by atoms with Gasteiger partial charge in [-0.2, -0.15) is 26.3 Å². The molecule has 21 heavy (non-hydrogen) atoms. The third-order valence-corrected chi connectivity index (χ3v) is 5.26. The van der Waals surface area contributed by atoms with Crippen LogP contribution in [-0.4, -0.2) is 38.5 Å². The lowest BCUT2D eigenvalue weighted by Gasteiger charge is -2.29. The minimum atomic E-state index is -5.76. The minimum Gasteiger partial charge on any atom is -0.395 e. The molecule has 4 nitrogen and oxygen atoms in total. The number of hydrogen-bond acceptors (Lipinski definition) is 4. The number of halogens is 6. The summed E-state index contributed by atoms with van der Waals surface area (Å²) in [6.07, 6.45) is -11.5. The molecule has 1 atom stereocenters. The molecule has 122 valence electrons. The van der Waals surface area contributed by atoms with Gasteiger partial charge in [0.1, 0.15) is 4.21 Å². The van der Waals surface area contributed by atoms with Crippen molar-refractivity contribution in [2.75, 3.05) is 6.61 Å². The second-order valence-electron chi connectivity index (χ2n) is 3.90. The molecule has 1 rings (SSSR count). The maximum absolute atomic E-state index is 12.5. The van der Waals surface area contributed by atoms with E-state index in [-0.39, 0.29) is 0 Å². The summed E-state index contributed by atoms with van der Waals surface area (Å²) in [6.45, 7) is -1.66. The van der Waals surface area contributed by atoms with Gasteiger partial charge in [-0.3, -0.25) is 0 Å². The van der Waals surface area contributed by atoms with Crippen molar-refractivity contribution in [3.8, 4) is 0 Å². The van der Waals surface area contributed by atoms with Gasteiger partial charge in [-0.15, -0.1) is 11.3 Å². The van der Waals surface area contributed by atoms with Crippen molar-refractivity contribution in [3.63, 3.8) is 0 Å². The molecule has 1 aromatic heterocycles. The molecule has 2 N–H and O–H groups in total. The molecular weight excluding hydrogens is 348 g/mol. The van der Waals surface area contributed by atoms with Gasteiger partial charge in [0.2, 0.25) is 10.0 Å².